The Labute approximate surface area is 81.1 Å². The maximum absolute atomic E-state index is 11.1. The van der Waals surface area contributed by atoms with Gasteiger partial charge in [-0.2, -0.15) is 0 Å². The lowest BCUT2D eigenvalue weighted by atomic mass is 10.1. The number of carbonyl (C=O) groups is 2. The average Bonchev–Trinajstić information content (AvgIpc) is 2.15. The van der Waals surface area contributed by atoms with Gasteiger partial charge in [0.25, 0.3) is 0 Å². The molecule has 0 rings (SSSR count). The zero-order valence-electron chi connectivity index (χ0n) is 7.30. The Balaban J connectivity index is 4.84. The molecule has 0 aromatic heterocycles. The van der Waals surface area contributed by atoms with Gasteiger partial charge >= 0.3 is 11.9 Å². The zero-order chi connectivity index (χ0) is 10.5. The molecule has 0 spiro atoms. The Morgan fingerprint density at radius 2 is 1.77 bits per heavy atom. The second-order valence-corrected chi connectivity index (χ2v) is 2.81. The fourth-order valence-corrected chi connectivity index (χ4v) is 0.923. The van der Waals surface area contributed by atoms with Crippen LogP contribution in [0.2, 0.25) is 0 Å². The summed E-state index contributed by atoms with van der Waals surface area (Å²) in [6.07, 6.45) is 4.68. The molecular formula is C8H9ClO4. The fourth-order valence-electron chi connectivity index (χ4n) is 0.692. The smallest absolute Gasteiger partial charge is 0.339 e. The summed E-state index contributed by atoms with van der Waals surface area (Å²) in [4.78, 5) is 20.2. The number of esters is 2. The first-order chi connectivity index (χ1) is 6.02. The van der Waals surface area contributed by atoms with Crippen molar-refractivity contribution in [2.45, 2.75) is 11.3 Å². The summed E-state index contributed by atoms with van der Waals surface area (Å²) in [6, 6.07) is 0. The van der Waals surface area contributed by atoms with E-state index in [-0.39, 0.29) is 6.42 Å². The summed E-state index contributed by atoms with van der Waals surface area (Å²) < 4.78 is 8.65. The molecule has 0 radical (unpaired) electrons. The van der Waals surface area contributed by atoms with E-state index in [0.29, 0.717) is 0 Å². The predicted octanol–water partition coefficient (Wildman–Crippen LogP) is 0.333. The van der Waals surface area contributed by atoms with E-state index >= 15 is 0 Å². The molecule has 0 unspecified atom stereocenters. The summed E-state index contributed by atoms with van der Waals surface area (Å²) in [5, 5.41) is 0. The van der Waals surface area contributed by atoms with Crippen LogP contribution in [0.5, 0.6) is 0 Å². The van der Waals surface area contributed by atoms with Gasteiger partial charge in [-0.1, -0.05) is 11.6 Å². The fraction of sp³-hybridized carbons (Fsp3) is 0.500. The molecule has 0 bridgehead atoms. The Morgan fingerprint density at radius 3 is 2.00 bits per heavy atom. The van der Waals surface area contributed by atoms with Crippen LogP contribution in [0.25, 0.3) is 0 Å². The molecule has 0 aromatic rings. The third kappa shape index (κ3) is 2.36. The van der Waals surface area contributed by atoms with Gasteiger partial charge in [0.05, 0.1) is 14.2 Å². The molecule has 0 aliphatic rings. The molecule has 0 saturated carbocycles. The summed E-state index contributed by atoms with van der Waals surface area (Å²) in [7, 11) is 2.22. The van der Waals surface area contributed by atoms with E-state index in [1.54, 1.807) is 0 Å². The molecule has 13 heavy (non-hydrogen) atoms. The standard InChI is InChI=1S/C8H9ClO4/c1-4-5-8(9,6(10)12-2)7(11)13-3/h1H,5H2,2-3H3. The normalized spacial score (nSPS) is 10.0. The quantitative estimate of drug-likeness (QED) is 0.288. The van der Waals surface area contributed by atoms with Crippen molar-refractivity contribution in [2.24, 2.45) is 0 Å². The van der Waals surface area contributed by atoms with Crippen LogP contribution in [0.4, 0.5) is 0 Å². The number of carbonyl (C=O) groups excluding carboxylic acids is 2. The molecule has 0 aromatic carbocycles. The van der Waals surface area contributed by atoms with Gasteiger partial charge in [-0.15, -0.1) is 12.3 Å². The molecular weight excluding hydrogens is 196 g/mol. The number of hydrogen-bond donors (Lipinski definition) is 0. The number of terminal acetylenes is 1. The lowest BCUT2D eigenvalue weighted by Crippen LogP contribution is -2.42. The van der Waals surface area contributed by atoms with E-state index in [4.69, 9.17) is 18.0 Å². The van der Waals surface area contributed by atoms with Crippen LogP contribution in [0.1, 0.15) is 6.42 Å². The van der Waals surface area contributed by atoms with E-state index in [1.807, 2.05) is 0 Å². The van der Waals surface area contributed by atoms with E-state index in [2.05, 4.69) is 15.4 Å². The number of methoxy groups -OCH3 is 2. The predicted molar refractivity (Wildman–Crippen MR) is 46.1 cm³/mol. The van der Waals surface area contributed by atoms with Gasteiger partial charge in [-0.05, 0) is 0 Å². The molecule has 0 heterocycles. The van der Waals surface area contributed by atoms with Gasteiger partial charge in [0.15, 0.2) is 0 Å². The summed E-state index contributed by atoms with van der Waals surface area (Å²) in [5.41, 5.74) is 0. The van der Waals surface area contributed by atoms with E-state index in [1.165, 1.54) is 0 Å². The summed E-state index contributed by atoms with van der Waals surface area (Å²) in [6.45, 7) is 0. The van der Waals surface area contributed by atoms with Gasteiger partial charge in [-0.25, -0.2) is 9.59 Å². The highest BCUT2D eigenvalue weighted by atomic mass is 35.5. The van der Waals surface area contributed by atoms with Crippen LogP contribution in [-0.2, 0) is 19.1 Å². The highest BCUT2D eigenvalue weighted by Gasteiger charge is 2.46. The minimum absolute atomic E-state index is 0.270. The van der Waals surface area contributed by atoms with Gasteiger partial charge in [-0.3, -0.25) is 0 Å². The first kappa shape index (κ1) is 11.8. The van der Waals surface area contributed by atoms with Crippen molar-refractivity contribution in [1.29, 1.82) is 0 Å². The molecule has 0 aliphatic carbocycles. The number of alkyl halides is 1. The zero-order valence-corrected chi connectivity index (χ0v) is 8.05. The van der Waals surface area contributed by atoms with Gasteiger partial charge < -0.3 is 9.47 Å². The topological polar surface area (TPSA) is 52.6 Å². The van der Waals surface area contributed by atoms with Crippen molar-refractivity contribution in [3.8, 4) is 12.3 Å². The third-order valence-electron chi connectivity index (χ3n) is 1.36. The molecule has 72 valence electrons. The molecule has 0 amide bonds. The van der Waals surface area contributed by atoms with Gasteiger partial charge in [0, 0.05) is 6.42 Å². The van der Waals surface area contributed by atoms with Crippen molar-refractivity contribution < 1.29 is 19.1 Å². The summed E-state index contributed by atoms with van der Waals surface area (Å²) in [5.74, 6) is 0.270. The van der Waals surface area contributed by atoms with Crippen LogP contribution < -0.4 is 0 Å². The number of hydrogen-bond acceptors (Lipinski definition) is 4. The van der Waals surface area contributed by atoms with Crippen LogP contribution in [-0.4, -0.2) is 31.0 Å². The lowest BCUT2D eigenvalue weighted by molar-refractivity contribution is -0.156. The lowest BCUT2D eigenvalue weighted by Gasteiger charge is -2.18. The average molecular weight is 205 g/mol. The van der Waals surface area contributed by atoms with Crippen molar-refractivity contribution >= 4 is 23.5 Å². The Hall–Kier alpha value is -1.21. The van der Waals surface area contributed by atoms with Crippen molar-refractivity contribution in [2.75, 3.05) is 14.2 Å². The van der Waals surface area contributed by atoms with Crippen LogP contribution in [0.15, 0.2) is 0 Å². The minimum Gasteiger partial charge on any atom is -0.467 e. The largest absolute Gasteiger partial charge is 0.467 e. The van der Waals surface area contributed by atoms with Crippen molar-refractivity contribution in [3.63, 3.8) is 0 Å². The Kier molecular flexibility index (Phi) is 4.29. The molecule has 0 N–H and O–H groups in total. The Morgan fingerprint density at radius 1 is 1.38 bits per heavy atom. The van der Waals surface area contributed by atoms with Crippen LogP contribution >= 0.6 is 11.6 Å². The monoisotopic (exact) mass is 204 g/mol. The number of halogens is 1. The van der Waals surface area contributed by atoms with E-state index in [9.17, 15) is 9.59 Å². The minimum atomic E-state index is -1.92. The maximum Gasteiger partial charge on any atom is 0.339 e. The molecule has 0 saturated heterocycles. The van der Waals surface area contributed by atoms with Crippen LogP contribution in [0, 0.1) is 12.3 Å². The Bertz CT molecular complexity index is 237. The number of rotatable bonds is 3. The molecule has 0 aliphatic heterocycles. The molecule has 0 atom stereocenters. The molecule has 4 nitrogen and oxygen atoms in total. The third-order valence-corrected chi connectivity index (χ3v) is 1.81. The second-order valence-electron chi connectivity index (χ2n) is 2.17. The van der Waals surface area contributed by atoms with E-state index in [0.717, 1.165) is 14.2 Å². The highest BCUT2D eigenvalue weighted by Crippen LogP contribution is 2.22. The van der Waals surface area contributed by atoms with Crippen LogP contribution in [0.3, 0.4) is 0 Å². The van der Waals surface area contributed by atoms with Crippen molar-refractivity contribution in [1.82, 2.24) is 0 Å². The first-order valence-corrected chi connectivity index (χ1v) is 3.70. The van der Waals surface area contributed by atoms with Crippen molar-refractivity contribution in [3.05, 3.63) is 0 Å². The summed E-state index contributed by atoms with van der Waals surface area (Å²) >= 11 is 5.65. The number of ether oxygens (including phenoxy) is 2. The SMILES string of the molecule is C#CCC(Cl)(C(=O)OC)C(=O)OC. The highest BCUT2D eigenvalue weighted by molar-refractivity contribution is 6.44. The molecule has 5 heteroatoms. The molecule has 0 fully saturated rings. The first-order valence-electron chi connectivity index (χ1n) is 3.32. The van der Waals surface area contributed by atoms with Gasteiger partial charge in [0.2, 0.25) is 4.87 Å². The maximum atomic E-state index is 11.1. The van der Waals surface area contributed by atoms with E-state index < -0.39 is 16.8 Å². The second kappa shape index (κ2) is 4.73. The van der Waals surface area contributed by atoms with Gasteiger partial charge in [0.1, 0.15) is 0 Å².